The Balaban J connectivity index is 1.54. The van der Waals surface area contributed by atoms with Gasteiger partial charge in [-0.3, -0.25) is 0 Å². The molecule has 0 radical (unpaired) electrons. The third kappa shape index (κ3) is 2.43. The van der Waals surface area contributed by atoms with E-state index in [9.17, 15) is 0 Å². The maximum Gasteiger partial charge on any atom is 0.0104 e. The molecule has 3 atom stereocenters. The van der Waals surface area contributed by atoms with E-state index in [-0.39, 0.29) is 0 Å². The first kappa shape index (κ1) is 11.7. The molecular formula is C15H23NS. The topological polar surface area (TPSA) is 12.0 Å². The number of aryl methyl sites for hydroxylation is 1. The predicted octanol–water partition coefficient (Wildman–Crippen LogP) is 3.70. The van der Waals surface area contributed by atoms with Crippen molar-refractivity contribution in [1.82, 2.24) is 5.32 Å². The molecule has 0 saturated heterocycles. The molecule has 94 valence electrons. The van der Waals surface area contributed by atoms with Crippen molar-refractivity contribution in [3.8, 4) is 0 Å². The monoisotopic (exact) mass is 249 g/mol. The van der Waals surface area contributed by atoms with Crippen LogP contribution >= 0.6 is 11.3 Å². The molecule has 2 heteroatoms. The minimum absolute atomic E-state index is 0.787. The van der Waals surface area contributed by atoms with Crippen molar-refractivity contribution in [3.05, 3.63) is 22.4 Å². The maximum absolute atomic E-state index is 3.74. The fraction of sp³-hybridized carbons (Fsp3) is 0.733. The minimum Gasteiger partial charge on any atom is -0.314 e. The lowest BCUT2D eigenvalue weighted by molar-refractivity contribution is 0.392. The lowest BCUT2D eigenvalue weighted by Gasteiger charge is -2.19. The average molecular weight is 249 g/mol. The van der Waals surface area contributed by atoms with Crippen LogP contribution in [0.4, 0.5) is 0 Å². The Bertz CT molecular complexity index is 336. The van der Waals surface area contributed by atoms with Gasteiger partial charge in [0.2, 0.25) is 0 Å². The fourth-order valence-electron chi connectivity index (χ4n) is 3.92. The zero-order chi connectivity index (χ0) is 11.7. The van der Waals surface area contributed by atoms with Gasteiger partial charge in [-0.1, -0.05) is 13.3 Å². The second-order valence-electron chi connectivity index (χ2n) is 5.67. The molecule has 0 aromatic carbocycles. The number of thiophene rings is 1. The third-order valence-electron chi connectivity index (χ3n) is 4.73. The molecular weight excluding hydrogens is 226 g/mol. The predicted molar refractivity (Wildman–Crippen MR) is 74.4 cm³/mol. The molecule has 2 saturated carbocycles. The Labute approximate surface area is 109 Å². The van der Waals surface area contributed by atoms with E-state index in [0.29, 0.717) is 0 Å². The Morgan fingerprint density at radius 2 is 2.24 bits per heavy atom. The summed E-state index contributed by atoms with van der Waals surface area (Å²) in [4.78, 5) is 0. The van der Waals surface area contributed by atoms with Gasteiger partial charge in [0.25, 0.3) is 0 Å². The van der Waals surface area contributed by atoms with Gasteiger partial charge in [0.15, 0.2) is 0 Å². The summed E-state index contributed by atoms with van der Waals surface area (Å²) in [6.07, 6.45) is 7.11. The molecule has 0 aliphatic heterocycles. The molecule has 2 aliphatic rings. The highest BCUT2D eigenvalue weighted by atomic mass is 32.1. The largest absolute Gasteiger partial charge is 0.314 e. The van der Waals surface area contributed by atoms with Gasteiger partial charge in [-0.2, -0.15) is 11.3 Å². The summed E-state index contributed by atoms with van der Waals surface area (Å²) in [5.41, 5.74) is 1.53. The van der Waals surface area contributed by atoms with Crippen molar-refractivity contribution in [2.24, 2.45) is 17.8 Å². The minimum atomic E-state index is 0.787. The van der Waals surface area contributed by atoms with Crippen LogP contribution in [0.25, 0.3) is 0 Å². The molecule has 0 amide bonds. The zero-order valence-corrected chi connectivity index (χ0v) is 11.5. The number of hydrogen-bond donors (Lipinski definition) is 1. The summed E-state index contributed by atoms with van der Waals surface area (Å²) in [7, 11) is 0. The Morgan fingerprint density at radius 1 is 1.41 bits per heavy atom. The molecule has 1 heterocycles. The van der Waals surface area contributed by atoms with Gasteiger partial charge in [-0.25, -0.2) is 0 Å². The Morgan fingerprint density at radius 3 is 2.88 bits per heavy atom. The van der Waals surface area contributed by atoms with Crippen molar-refractivity contribution in [2.45, 2.75) is 45.1 Å². The van der Waals surface area contributed by atoms with Gasteiger partial charge in [0.1, 0.15) is 0 Å². The van der Waals surface area contributed by atoms with E-state index in [1.165, 1.54) is 37.7 Å². The lowest BCUT2D eigenvalue weighted by Crippen LogP contribution is -2.33. The molecule has 1 nitrogen and oxygen atoms in total. The SMILES string of the molecule is CCNC(CCc1ccsc1)C1C2CCCC21. The number of nitrogens with one attached hydrogen (secondary N) is 1. The number of fused-ring (bicyclic) bond motifs is 1. The van der Waals surface area contributed by atoms with Crippen LogP contribution in [-0.2, 0) is 6.42 Å². The van der Waals surface area contributed by atoms with Crippen molar-refractivity contribution in [1.29, 1.82) is 0 Å². The first-order chi connectivity index (χ1) is 8.40. The van der Waals surface area contributed by atoms with Gasteiger partial charge >= 0.3 is 0 Å². The maximum atomic E-state index is 3.74. The van der Waals surface area contributed by atoms with E-state index < -0.39 is 0 Å². The van der Waals surface area contributed by atoms with Gasteiger partial charge in [-0.05, 0) is 72.4 Å². The van der Waals surface area contributed by atoms with Crippen molar-refractivity contribution in [3.63, 3.8) is 0 Å². The summed E-state index contributed by atoms with van der Waals surface area (Å²) < 4.78 is 0. The van der Waals surface area contributed by atoms with Crippen molar-refractivity contribution in [2.75, 3.05) is 6.54 Å². The normalized spacial score (nSPS) is 32.4. The van der Waals surface area contributed by atoms with Crippen LogP contribution in [0.3, 0.4) is 0 Å². The molecule has 1 aromatic rings. The highest BCUT2D eigenvalue weighted by Gasteiger charge is 2.55. The van der Waals surface area contributed by atoms with Crippen LogP contribution in [0, 0.1) is 17.8 Å². The van der Waals surface area contributed by atoms with E-state index in [0.717, 1.165) is 30.3 Å². The van der Waals surface area contributed by atoms with Crippen LogP contribution in [0.5, 0.6) is 0 Å². The molecule has 1 aromatic heterocycles. The first-order valence-electron chi connectivity index (χ1n) is 7.14. The van der Waals surface area contributed by atoms with Gasteiger partial charge < -0.3 is 5.32 Å². The summed E-state index contributed by atoms with van der Waals surface area (Å²) in [5.74, 6) is 3.19. The molecule has 0 spiro atoms. The molecule has 0 bridgehead atoms. The van der Waals surface area contributed by atoms with Crippen molar-refractivity contribution >= 4 is 11.3 Å². The molecule has 3 unspecified atom stereocenters. The summed E-state index contributed by atoms with van der Waals surface area (Å²) in [6, 6.07) is 3.07. The molecule has 3 rings (SSSR count). The second kappa shape index (κ2) is 5.11. The van der Waals surface area contributed by atoms with E-state index in [2.05, 4.69) is 29.1 Å². The Kier molecular flexibility index (Phi) is 3.53. The summed E-state index contributed by atoms with van der Waals surface area (Å²) >= 11 is 1.82. The summed E-state index contributed by atoms with van der Waals surface area (Å²) in [6.45, 7) is 3.37. The Hall–Kier alpha value is -0.340. The standard InChI is InChI=1S/C15H23NS/c1-2-16-14(7-6-11-8-9-17-10-11)15-12-4-3-5-13(12)15/h8-10,12-16H,2-7H2,1H3. The molecule has 1 N–H and O–H groups in total. The number of hydrogen-bond acceptors (Lipinski definition) is 2. The van der Waals surface area contributed by atoms with Crippen LogP contribution in [0.1, 0.15) is 38.2 Å². The first-order valence-corrected chi connectivity index (χ1v) is 8.09. The molecule has 17 heavy (non-hydrogen) atoms. The molecule has 2 aliphatic carbocycles. The lowest BCUT2D eigenvalue weighted by atomic mass is 9.98. The second-order valence-corrected chi connectivity index (χ2v) is 6.45. The van der Waals surface area contributed by atoms with E-state index in [4.69, 9.17) is 0 Å². The fourth-order valence-corrected chi connectivity index (χ4v) is 4.63. The molecule has 2 fully saturated rings. The van der Waals surface area contributed by atoms with Crippen LogP contribution < -0.4 is 5.32 Å². The van der Waals surface area contributed by atoms with E-state index >= 15 is 0 Å². The van der Waals surface area contributed by atoms with Crippen LogP contribution in [-0.4, -0.2) is 12.6 Å². The van der Waals surface area contributed by atoms with Crippen LogP contribution in [0.2, 0.25) is 0 Å². The van der Waals surface area contributed by atoms with Gasteiger partial charge in [0.05, 0.1) is 0 Å². The van der Waals surface area contributed by atoms with Crippen molar-refractivity contribution < 1.29 is 0 Å². The van der Waals surface area contributed by atoms with Gasteiger partial charge in [-0.15, -0.1) is 0 Å². The van der Waals surface area contributed by atoms with Crippen LogP contribution in [0.15, 0.2) is 16.8 Å². The highest BCUT2D eigenvalue weighted by molar-refractivity contribution is 7.07. The van der Waals surface area contributed by atoms with Gasteiger partial charge in [0, 0.05) is 6.04 Å². The van der Waals surface area contributed by atoms with E-state index in [1.54, 1.807) is 0 Å². The average Bonchev–Trinajstić information content (AvgIpc) is 2.81. The quantitative estimate of drug-likeness (QED) is 0.810. The zero-order valence-electron chi connectivity index (χ0n) is 10.7. The smallest absolute Gasteiger partial charge is 0.0104 e. The van der Waals surface area contributed by atoms with E-state index in [1.807, 2.05) is 11.3 Å². The number of rotatable bonds is 6. The highest BCUT2D eigenvalue weighted by Crippen LogP contribution is 2.59. The summed E-state index contributed by atoms with van der Waals surface area (Å²) in [5, 5.41) is 8.24. The third-order valence-corrected chi connectivity index (χ3v) is 5.46.